The Balaban J connectivity index is 3.87. The van der Waals surface area contributed by atoms with Crippen molar-refractivity contribution in [3.05, 3.63) is 24.8 Å². The predicted octanol–water partition coefficient (Wildman–Crippen LogP) is 0.510. The molecule has 0 bridgehead atoms. The molecule has 0 aromatic carbocycles. The molecular formula is C10H15NO4. The highest BCUT2D eigenvalue weighted by molar-refractivity contribution is 5.87. The summed E-state index contributed by atoms with van der Waals surface area (Å²) in [6.45, 7) is 8.36. The molecule has 0 aliphatic heterocycles. The second-order valence-electron chi connectivity index (χ2n) is 2.90. The monoisotopic (exact) mass is 213 g/mol. The van der Waals surface area contributed by atoms with Gasteiger partial charge in [0, 0.05) is 5.57 Å². The van der Waals surface area contributed by atoms with Crippen molar-refractivity contribution in [2.75, 3.05) is 6.61 Å². The van der Waals surface area contributed by atoms with E-state index < -0.39 is 18.2 Å². The first kappa shape index (κ1) is 13.4. The molecule has 0 aliphatic rings. The molecule has 5 nitrogen and oxygen atoms in total. The maximum absolute atomic E-state index is 11.0. The van der Waals surface area contributed by atoms with E-state index in [0.717, 1.165) is 0 Å². The van der Waals surface area contributed by atoms with Crippen molar-refractivity contribution in [2.24, 2.45) is 5.73 Å². The summed E-state index contributed by atoms with van der Waals surface area (Å²) in [5, 5.41) is 0. The zero-order valence-electron chi connectivity index (χ0n) is 8.69. The van der Waals surface area contributed by atoms with Gasteiger partial charge in [-0.1, -0.05) is 19.2 Å². The lowest BCUT2D eigenvalue weighted by molar-refractivity contribution is -0.151. The lowest BCUT2D eigenvalue weighted by atomic mass is 10.3. The van der Waals surface area contributed by atoms with Gasteiger partial charge in [-0.3, -0.25) is 10.5 Å². The number of ether oxygens (including phenoxy) is 2. The van der Waals surface area contributed by atoms with Crippen LogP contribution in [-0.4, -0.2) is 24.8 Å². The lowest BCUT2D eigenvalue weighted by Gasteiger charge is -2.11. The topological polar surface area (TPSA) is 78.6 Å². The molecular weight excluding hydrogens is 198 g/mol. The minimum absolute atomic E-state index is 0.111. The molecule has 84 valence electrons. The van der Waals surface area contributed by atoms with Gasteiger partial charge in [0.2, 0.25) is 0 Å². The van der Waals surface area contributed by atoms with Crippen molar-refractivity contribution in [3.8, 4) is 0 Å². The van der Waals surface area contributed by atoms with Crippen LogP contribution in [0.5, 0.6) is 0 Å². The summed E-state index contributed by atoms with van der Waals surface area (Å²) in [4.78, 5) is 22.0. The molecule has 0 saturated carbocycles. The van der Waals surface area contributed by atoms with Crippen molar-refractivity contribution in [2.45, 2.75) is 19.6 Å². The Kier molecular flexibility index (Phi) is 6.05. The average molecular weight is 213 g/mol. The van der Waals surface area contributed by atoms with E-state index in [4.69, 9.17) is 5.73 Å². The van der Waals surface area contributed by atoms with Gasteiger partial charge in [-0.2, -0.15) is 0 Å². The van der Waals surface area contributed by atoms with Gasteiger partial charge in [-0.15, -0.1) is 0 Å². The van der Waals surface area contributed by atoms with E-state index in [1.807, 2.05) is 0 Å². The van der Waals surface area contributed by atoms with Crippen molar-refractivity contribution in [3.63, 3.8) is 0 Å². The number of nitrogens with two attached hydrogens (primary N) is 1. The number of rotatable bonds is 6. The van der Waals surface area contributed by atoms with E-state index >= 15 is 0 Å². The fourth-order valence-electron chi connectivity index (χ4n) is 0.655. The highest BCUT2D eigenvalue weighted by Gasteiger charge is 2.15. The van der Waals surface area contributed by atoms with E-state index in [0.29, 0.717) is 0 Å². The van der Waals surface area contributed by atoms with Gasteiger partial charge in [0.15, 0.2) is 6.23 Å². The zero-order valence-corrected chi connectivity index (χ0v) is 8.69. The molecule has 5 heteroatoms. The largest absolute Gasteiger partial charge is 0.461 e. The van der Waals surface area contributed by atoms with E-state index in [1.54, 1.807) is 0 Å². The van der Waals surface area contributed by atoms with Crippen LogP contribution in [0.2, 0.25) is 0 Å². The summed E-state index contributed by atoms with van der Waals surface area (Å²) in [5.41, 5.74) is 5.60. The van der Waals surface area contributed by atoms with Gasteiger partial charge in [0.25, 0.3) is 0 Å². The first-order chi connectivity index (χ1) is 6.97. The normalized spacial score (nSPS) is 11.3. The molecule has 0 saturated heterocycles. The smallest absolute Gasteiger partial charge is 0.334 e. The molecule has 2 N–H and O–H groups in total. The van der Waals surface area contributed by atoms with Crippen LogP contribution < -0.4 is 5.73 Å². The Morgan fingerprint density at radius 3 is 2.60 bits per heavy atom. The number of hydrogen-bond acceptors (Lipinski definition) is 5. The maximum atomic E-state index is 11.0. The van der Waals surface area contributed by atoms with Crippen LogP contribution in [0.4, 0.5) is 0 Å². The molecule has 0 rings (SSSR count). The Morgan fingerprint density at radius 2 is 2.13 bits per heavy atom. The third kappa shape index (κ3) is 6.45. The molecule has 0 radical (unpaired) electrons. The first-order valence-electron chi connectivity index (χ1n) is 4.36. The van der Waals surface area contributed by atoms with Crippen LogP contribution in [0.25, 0.3) is 0 Å². The fraction of sp³-hybridized carbons (Fsp3) is 0.400. The Bertz CT molecular complexity index is 273. The van der Waals surface area contributed by atoms with Crippen LogP contribution in [0.15, 0.2) is 24.8 Å². The van der Waals surface area contributed by atoms with Crippen molar-refractivity contribution < 1.29 is 19.1 Å². The first-order valence-corrected chi connectivity index (χ1v) is 4.36. The van der Waals surface area contributed by atoms with E-state index in [-0.39, 0.29) is 18.6 Å². The quantitative estimate of drug-likeness (QED) is 0.301. The molecule has 0 aliphatic carbocycles. The fourth-order valence-corrected chi connectivity index (χ4v) is 0.655. The van der Waals surface area contributed by atoms with Crippen LogP contribution in [0.3, 0.4) is 0 Å². The minimum Gasteiger partial charge on any atom is -0.461 e. The summed E-state index contributed by atoms with van der Waals surface area (Å²) < 4.78 is 9.33. The number of hydrogen-bond donors (Lipinski definition) is 1. The second-order valence-corrected chi connectivity index (χ2v) is 2.90. The Labute approximate surface area is 88.5 Å². The van der Waals surface area contributed by atoms with Crippen LogP contribution in [0, 0.1) is 0 Å². The predicted molar refractivity (Wildman–Crippen MR) is 54.7 cm³/mol. The van der Waals surface area contributed by atoms with E-state index in [1.165, 1.54) is 13.0 Å². The Hall–Kier alpha value is -1.62. The molecule has 1 atom stereocenters. The molecule has 15 heavy (non-hydrogen) atoms. The van der Waals surface area contributed by atoms with Crippen LogP contribution in [0.1, 0.15) is 13.3 Å². The van der Waals surface area contributed by atoms with Gasteiger partial charge in [0.1, 0.15) is 6.61 Å². The average Bonchev–Trinajstić information content (AvgIpc) is 2.14. The third-order valence-electron chi connectivity index (χ3n) is 1.34. The molecule has 1 unspecified atom stereocenters. The summed E-state index contributed by atoms with van der Waals surface area (Å²) in [7, 11) is 0. The second kappa shape index (κ2) is 6.78. The molecule has 0 spiro atoms. The van der Waals surface area contributed by atoms with Gasteiger partial charge in [0.05, 0.1) is 6.42 Å². The molecule has 0 amide bonds. The third-order valence-corrected chi connectivity index (χ3v) is 1.34. The SMILES string of the molecule is C=CCOC(=O)CC(N)OC(=O)C(=C)C. The van der Waals surface area contributed by atoms with Gasteiger partial charge < -0.3 is 9.47 Å². The van der Waals surface area contributed by atoms with Crippen LogP contribution >= 0.6 is 0 Å². The summed E-state index contributed by atoms with van der Waals surface area (Å²) in [6.07, 6.45) is 0.238. The number of carbonyl (C=O) groups is 2. The summed E-state index contributed by atoms with van der Waals surface area (Å²) >= 11 is 0. The van der Waals surface area contributed by atoms with Crippen molar-refractivity contribution in [1.29, 1.82) is 0 Å². The molecule has 0 aromatic heterocycles. The molecule has 0 aromatic rings. The zero-order chi connectivity index (χ0) is 11.8. The highest BCUT2D eigenvalue weighted by Crippen LogP contribution is 1.99. The number of esters is 2. The van der Waals surface area contributed by atoms with Crippen LogP contribution in [-0.2, 0) is 19.1 Å². The Morgan fingerprint density at radius 1 is 1.53 bits per heavy atom. The van der Waals surface area contributed by atoms with E-state index in [9.17, 15) is 9.59 Å². The molecule has 0 fully saturated rings. The van der Waals surface area contributed by atoms with Gasteiger partial charge in [-0.25, -0.2) is 4.79 Å². The standard InChI is InChI=1S/C10H15NO4/c1-4-5-14-9(12)6-8(11)15-10(13)7(2)3/h4,8H,1-2,5-6,11H2,3H3. The van der Waals surface area contributed by atoms with Gasteiger partial charge in [-0.05, 0) is 6.92 Å². The van der Waals surface area contributed by atoms with Gasteiger partial charge >= 0.3 is 11.9 Å². The lowest BCUT2D eigenvalue weighted by Crippen LogP contribution is -2.30. The summed E-state index contributed by atoms with van der Waals surface area (Å²) in [6, 6.07) is 0. The van der Waals surface area contributed by atoms with Crippen molar-refractivity contribution >= 4 is 11.9 Å². The summed E-state index contributed by atoms with van der Waals surface area (Å²) in [5.74, 6) is -1.17. The number of carbonyl (C=O) groups excluding carboxylic acids is 2. The van der Waals surface area contributed by atoms with Crippen molar-refractivity contribution in [1.82, 2.24) is 0 Å². The minimum atomic E-state index is -1.01. The van der Waals surface area contributed by atoms with E-state index in [2.05, 4.69) is 22.6 Å². The maximum Gasteiger partial charge on any atom is 0.334 e. The molecule has 0 heterocycles. The highest BCUT2D eigenvalue weighted by atomic mass is 16.6.